The number of hydrogen-bond acceptors (Lipinski definition) is 6. The molecule has 0 unspecified atom stereocenters. The Morgan fingerprint density at radius 3 is 2.54 bits per heavy atom. The van der Waals surface area contributed by atoms with E-state index in [1.165, 1.54) is 10.6 Å². The van der Waals surface area contributed by atoms with Crippen LogP contribution < -0.4 is 5.73 Å². The number of hydrogen-bond donors (Lipinski definition) is 2. The molecule has 0 amide bonds. The number of anilines is 1. The van der Waals surface area contributed by atoms with Crippen molar-refractivity contribution in [2.45, 2.75) is 38.3 Å². The summed E-state index contributed by atoms with van der Waals surface area (Å²) in [5.41, 5.74) is 7.47. The van der Waals surface area contributed by atoms with Gasteiger partial charge in [0.1, 0.15) is 11.3 Å². The maximum atomic E-state index is 11.8. The number of benzene rings is 1. The lowest BCUT2D eigenvalue weighted by atomic mass is 9.92. The number of nitrogens with zero attached hydrogens (tertiary/aromatic N) is 4. The number of pyridine rings is 1. The van der Waals surface area contributed by atoms with Crippen LogP contribution >= 0.6 is 0 Å². The number of sulfonamides is 1. The van der Waals surface area contributed by atoms with Crippen LogP contribution in [0.5, 0.6) is 0 Å². The number of nitrogens with two attached hydrogens (primary N) is 1. The van der Waals surface area contributed by atoms with Crippen LogP contribution in [-0.2, 0) is 23.0 Å². The Hall–Kier alpha value is -2.23. The van der Waals surface area contributed by atoms with Crippen LogP contribution in [0, 0.1) is 0 Å². The topological polar surface area (TPSA) is 114 Å². The number of aryl methyl sites for hydroxylation is 1. The zero-order valence-electron chi connectivity index (χ0n) is 16.1. The Morgan fingerprint density at radius 1 is 1.21 bits per heavy atom. The minimum absolute atomic E-state index is 0.313. The molecule has 0 atom stereocenters. The van der Waals surface area contributed by atoms with E-state index in [1.54, 1.807) is 0 Å². The third-order valence-electron chi connectivity index (χ3n) is 5.58. The third kappa shape index (κ3) is 3.23. The second-order valence-corrected chi connectivity index (χ2v) is 9.55. The Kier molecular flexibility index (Phi) is 4.56. The molecule has 3 N–H and O–H groups in total. The second-order valence-electron chi connectivity index (χ2n) is 7.57. The van der Waals surface area contributed by atoms with Gasteiger partial charge in [0, 0.05) is 24.9 Å². The van der Waals surface area contributed by atoms with E-state index >= 15 is 0 Å². The highest BCUT2D eigenvalue weighted by atomic mass is 32.2. The zero-order valence-corrected chi connectivity index (χ0v) is 16.9. The van der Waals surface area contributed by atoms with Gasteiger partial charge in [-0.15, -0.1) is 0 Å². The lowest BCUT2D eigenvalue weighted by Crippen LogP contribution is -2.48. The fourth-order valence-corrected chi connectivity index (χ4v) is 4.88. The molecule has 1 aliphatic rings. The Morgan fingerprint density at radius 2 is 1.89 bits per heavy atom. The molecule has 150 valence electrons. The number of piperidine rings is 1. The minimum atomic E-state index is -3.24. The summed E-state index contributed by atoms with van der Waals surface area (Å²) < 4.78 is 27.0. The lowest BCUT2D eigenvalue weighted by molar-refractivity contribution is -0.0189. The molecule has 1 aliphatic heterocycles. The van der Waals surface area contributed by atoms with Gasteiger partial charge in [-0.05, 0) is 18.9 Å². The molecule has 28 heavy (non-hydrogen) atoms. The van der Waals surface area contributed by atoms with E-state index in [0.29, 0.717) is 50.2 Å². The van der Waals surface area contributed by atoms with Gasteiger partial charge in [-0.1, -0.05) is 25.1 Å². The molecule has 8 nitrogen and oxygen atoms in total. The molecule has 0 aliphatic carbocycles. The number of rotatable bonds is 4. The summed E-state index contributed by atoms with van der Waals surface area (Å²) in [5, 5.41) is 12.2. The summed E-state index contributed by atoms with van der Waals surface area (Å²) in [6.45, 7) is 2.99. The van der Waals surface area contributed by atoms with Crippen molar-refractivity contribution >= 4 is 37.8 Å². The van der Waals surface area contributed by atoms with Crippen LogP contribution in [-0.4, -0.2) is 57.3 Å². The number of aromatic nitrogens is 3. The first-order valence-corrected chi connectivity index (χ1v) is 11.3. The number of fused-ring (bicyclic) bond motifs is 3. The van der Waals surface area contributed by atoms with Crippen LogP contribution in [0.4, 0.5) is 5.82 Å². The SMILES string of the molecule is CCc1nc2c(N)nc3ccccc3c2n1CC1(O)CCN(S(C)(=O)=O)CC1. The van der Waals surface area contributed by atoms with Crippen molar-refractivity contribution in [1.29, 1.82) is 0 Å². The van der Waals surface area contributed by atoms with Gasteiger partial charge < -0.3 is 15.4 Å². The summed E-state index contributed by atoms with van der Waals surface area (Å²) in [7, 11) is -3.24. The molecular formula is C19H25N5O3S. The van der Waals surface area contributed by atoms with Gasteiger partial charge in [0.05, 0.1) is 29.4 Å². The monoisotopic (exact) mass is 403 g/mol. The zero-order chi connectivity index (χ0) is 20.1. The van der Waals surface area contributed by atoms with E-state index in [-0.39, 0.29) is 0 Å². The van der Waals surface area contributed by atoms with Crippen molar-refractivity contribution in [3.8, 4) is 0 Å². The molecule has 2 aromatic heterocycles. The molecule has 1 fully saturated rings. The second kappa shape index (κ2) is 6.68. The van der Waals surface area contributed by atoms with Crippen LogP contribution in [0.25, 0.3) is 21.9 Å². The normalized spacial score (nSPS) is 18.1. The predicted octanol–water partition coefficient (Wildman–Crippen LogP) is 1.52. The fourth-order valence-electron chi connectivity index (χ4n) is 4.03. The molecular weight excluding hydrogens is 378 g/mol. The number of nitrogen functional groups attached to an aromatic ring is 1. The smallest absolute Gasteiger partial charge is 0.211 e. The minimum Gasteiger partial charge on any atom is -0.388 e. The summed E-state index contributed by atoms with van der Waals surface area (Å²) in [6, 6.07) is 7.75. The summed E-state index contributed by atoms with van der Waals surface area (Å²) >= 11 is 0. The van der Waals surface area contributed by atoms with Crippen molar-refractivity contribution in [3.63, 3.8) is 0 Å². The highest BCUT2D eigenvalue weighted by Crippen LogP contribution is 2.32. The standard InChI is InChI=1S/C19H25N5O3S/c1-3-15-22-16-17(13-6-4-5-7-14(13)21-18(16)20)24(15)12-19(25)8-10-23(11-9-19)28(2,26)27/h4-7,25H,3,8-12H2,1-2H3,(H2,20,21). The number of imidazole rings is 1. The van der Waals surface area contributed by atoms with Crippen LogP contribution in [0.15, 0.2) is 24.3 Å². The maximum Gasteiger partial charge on any atom is 0.211 e. The van der Waals surface area contributed by atoms with E-state index in [4.69, 9.17) is 5.73 Å². The van der Waals surface area contributed by atoms with Gasteiger partial charge in [-0.2, -0.15) is 0 Å². The quantitative estimate of drug-likeness (QED) is 0.683. The summed E-state index contributed by atoms with van der Waals surface area (Å²) in [6.07, 6.45) is 2.65. The average Bonchev–Trinajstić information content (AvgIpc) is 3.00. The van der Waals surface area contributed by atoms with Crippen LogP contribution in [0.3, 0.4) is 0 Å². The summed E-state index contributed by atoms with van der Waals surface area (Å²) in [4.78, 5) is 9.15. The highest BCUT2D eigenvalue weighted by Gasteiger charge is 2.36. The van der Waals surface area contributed by atoms with Crippen molar-refractivity contribution in [2.24, 2.45) is 0 Å². The number of aliphatic hydroxyl groups is 1. The molecule has 0 spiro atoms. The van der Waals surface area contributed by atoms with Gasteiger partial charge in [0.2, 0.25) is 10.0 Å². The van der Waals surface area contributed by atoms with Crippen molar-refractivity contribution in [1.82, 2.24) is 18.8 Å². The molecule has 0 saturated carbocycles. The van der Waals surface area contributed by atoms with Gasteiger partial charge in [-0.3, -0.25) is 0 Å². The van der Waals surface area contributed by atoms with E-state index in [9.17, 15) is 13.5 Å². The Bertz CT molecular complexity index is 1150. The third-order valence-corrected chi connectivity index (χ3v) is 6.88. The van der Waals surface area contributed by atoms with Crippen molar-refractivity contribution in [2.75, 3.05) is 25.1 Å². The molecule has 0 radical (unpaired) electrons. The average molecular weight is 404 g/mol. The lowest BCUT2D eigenvalue weighted by Gasteiger charge is -2.37. The largest absolute Gasteiger partial charge is 0.388 e. The van der Waals surface area contributed by atoms with Gasteiger partial charge in [0.25, 0.3) is 0 Å². The fraction of sp³-hybridized carbons (Fsp3) is 0.474. The maximum absolute atomic E-state index is 11.8. The molecule has 3 heterocycles. The van der Waals surface area contributed by atoms with Gasteiger partial charge in [-0.25, -0.2) is 22.7 Å². The van der Waals surface area contributed by atoms with E-state index in [2.05, 4.69) is 9.97 Å². The molecule has 1 saturated heterocycles. The highest BCUT2D eigenvalue weighted by molar-refractivity contribution is 7.88. The van der Waals surface area contributed by atoms with Gasteiger partial charge >= 0.3 is 0 Å². The Balaban J connectivity index is 1.78. The van der Waals surface area contributed by atoms with Gasteiger partial charge in [0.15, 0.2) is 5.82 Å². The number of para-hydroxylation sites is 1. The molecule has 9 heteroatoms. The first-order valence-electron chi connectivity index (χ1n) is 9.43. The van der Waals surface area contributed by atoms with E-state index in [0.717, 1.165) is 22.2 Å². The first kappa shape index (κ1) is 19.1. The Labute approximate surface area is 164 Å². The predicted molar refractivity (Wildman–Crippen MR) is 109 cm³/mol. The molecule has 1 aromatic carbocycles. The van der Waals surface area contributed by atoms with E-state index < -0.39 is 15.6 Å². The van der Waals surface area contributed by atoms with Crippen LogP contribution in [0.1, 0.15) is 25.6 Å². The molecule has 3 aromatic rings. The van der Waals surface area contributed by atoms with Crippen molar-refractivity contribution in [3.05, 3.63) is 30.1 Å². The van der Waals surface area contributed by atoms with Crippen molar-refractivity contribution < 1.29 is 13.5 Å². The first-order chi connectivity index (χ1) is 13.2. The van der Waals surface area contributed by atoms with E-state index in [1.807, 2.05) is 35.8 Å². The van der Waals surface area contributed by atoms with Crippen LogP contribution in [0.2, 0.25) is 0 Å². The summed E-state index contributed by atoms with van der Waals surface area (Å²) in [5.74, 6) is 1.21. The molecule has 0 bridgehead atoms. The molecule has 4 rings (SSSR count).